The van der Waals surface area contributed by atoms with Gasteiger partial charge in [0.2, 0.25) is 0 Å². The van der Waals surface area contributed by atoms with Gasteiger partial charge in [0.25, 0.3) is 5.91 Å². The van der Waals surface area contributed by atoms with Gasteiger partial charge in [0, 0.05) is 43.3 Å². The first-order valence-electron chi connectivity index (χ1n) is 15.2. The van der Waals surface area contributed by atoms with E-state index in [4.69, 9.17) is 0 Å². The number of hydrogen-bond acceptors (Lipinski definition) is 5. The van der Waals surface area contributed by atoms with Crippen molar-refractivity contribution < 1.29 is 18.0 Å². The van der Waals surface area contributed by atoms with Gasteiger partial charge in [0.05, 0.1) is 5.52 Å². The maximum absolute atomic E-state index is 12.7. The number of benzene rings is 2. The molecule has 0 saturated carbocycles. The summed E-state index contributed by atoms with van der Waals surface area (Å²) in [6.45, 7) is 13.9. The van der Waals surface area contributed by atoms with Gasteiger partial charge in [-0.1, -0.05) is 55.7 Å². The molecule has 0 atom stereocenters. The third-order valence-electron chi connectivity index (χ3n) is 7.30. The highest BCUT2D eigenvalue weighted by Crippen LogP contribution is 2.23. The summed E-state index contributed by atoms with van der Waals surface area (Å²) in [5.74, 6) is -0.252. The van der Waals surface area contributed by atoms with Crippen LogP contribution >= 0.6 is 0 Å². The van der Waals surface area contributed by atoms with Crippen LogP contribution in [-0.2, 0) is 0 Å². The largest absolute Gasteiger partial charge is 0.405 e. The number of nitrogens with zero attached hydrogens (tertiary/aromatic N) is 3. The van der Waals surface area contributed by atoms with Crippen LogP contribution in [0.5, 0.6) is 0 Å². The number of carbonyl (C=O) groups excluding carboxylic acids is 1. The van der Waals surface area contributed by atoms with Gasteiger partial charge in [-0.25, -0.2) is 0 Å². The Labute approximate surface area is 248 Å². The van der Waals surface area contributed by atoms with Crippen molar-refractivity contribution in [3.8, 4) is 0 Å². The molecule has 2 aliphatic rings. The second kappa shape index (κ2) is 16.5. The van der Waals surface area contributed by atoms with Gasteiger partial charge >= 0.3 is 6.18 Å². The third kappa shape index (κ3) is 11.3. The molecule has 3 aromatic rings. The first kappa shape index (κ1) is 33.4. The van der Waals surface area contributed by atoms with E-state index in [9.17, 15) is 18.0 Å². The summed E-state index contributed by atoms with van der Waals surface area (Å²) in [4.78, 5) is 17.7. The van der Waals surface area contributed by atoms with Crippen LogP contribution in [0.4, 0.5) is 18.9 Å². The molecule has 0 bridgehead atoms. The molecule has 0 radical (unpaired) electrons. The molecule has 3 N–H and O–H groups in total. The molecule has 42 heavy (non-hydrogen) atoms. The van der Waals surface area contributed by atoms with Crippen LogP contribution in [0.2, 0.25) is 0 Å². The van der Waals surface area contributed by atoms with Crippen molar-refractivity contribution in [2.45, 2.75) is 72.0 Å². The van der Waals surface area contributed by atoms with E-state index in [0.717, 1.165) is 39.0 Å². The second-order valence-electron chi connectivity index (χ2n) is 11.3. The Hall–Kier alpha value is -3.11. The van der Waals surface area contributed by atoms with E-state index in [1.165, 1.54) is 55.6 Å². The van der Waals surface area contributed by atoms with E-state index in [-0.39, 0.29) is 17.6 Å². The topological polar surface area (TPSA) is 76.3 Å². The van der Waals surface area contributed by atoms with Gasteiger partial charge < -0.3 is 20.4 Å². The Balaban J connectivity index is 0.000000372. The fourth-order valence-electron chi connectivity index (χ4n) is 5.16. The summed E-state index contributed by atoms with van der Waals surface area (Å²) in [5.41, 5.74) is 3.79. The Bertz CT molecular complexity index is 1210. The summed E-state index contributed by atoms with van der Waals surface area (Å²) >= 11 is 0. The second-order valence-corrected chi connectivity index (χ2v) is 11.3. The van der Waals surface area contributed by atoms with Crippen molar-refractivity contribution in [1.29, 1.82) is 0 Å². The molecule has 1 aromatic heterocycles. The van der Waals surface area contributed by atoms with Crippen molar-refractivity contribution in [2.75, 3.05) is 51.1 Å². The minimum atomic E-state index is -4.29. The van der Waals surface area contributed by atoms with Gasteiger partial charge in [0.15, 0.2) is 5.69 Å². The van der Waals surface area contributed by atoms with E-state index in [0.29, 0.717) is 16.6 Å². The first-order valence-corrected chi connectivity index (χ1v) is 15.2. The van der Waals surface area contributed by atoms with Crippen molar-refractivity contribution in [3.05, 3.63) is 59.3 Å². The number of rotatable bonds is 7. The van der Waals surface area contributed by atoms with Crippen molar-refractivity contribution in [3.63, 3.8) is 0 Å². The van der Waals surface area contributed by atoms with Crippen molar-refractivity contribution >= 4 is 22.5 Å². The zero-order chi connectivity index (χ0) is 30.5. The highest BCUT2D eigenvalue weighted by atomic mass is 19.4. The van der Waals surface area contributed by atoms with Gasteiger partial charge in [0.1, 0.15) is 6.54 Å². The van der Waals surface area contributed by atoms with Crippen LogP contribution in [0.25, 0.3) is 10.9 Å². The third-order valence-corrected chi connectivity index (χ3v) is 7.30. The lowest BCUT2D eigenvalue weighted by Crippen LogP contribution is -2.46. The Morgan fingerprint density at radius 2 is 1.55 bits per heavy atom. The number of aromatic nitrogens is 2. The molecular weight excluding hydrogens is 541 g/mol. The number of H-pyrrole nitrogens is 1. The number of alkyl halides is 3. The van der Waals surface area contributed by atoms with E-state index >= 15 is 0 Å². The monoisotopic (exact) mass is 588 g/mol. The number of piperidine rings is 1. The van der Waals surface area contributed by atoms with Crippen LogP contribution in [-0.4, -0.2) is 83.9 Å². The summed E-state index contributed by atoms with van der Waals surface area (Å²) in [6, 6.07) is 13.2. The number of fused-ring (bicyclic) bond motifs is 1. The van der Waals surface area contributed by atoms with Gasteiger partial charge in [-0.3, -0.25) is 9.89 Å². The van der Waals surface area contributed by atoms with E-state index < -0.39 is 12.7 Å². The fraction of sp³-hybridized carbons (Fsp3) is 0.562. The standard InChI is InChI=1S/C21H29F3N6O.C8H10.C3H8/c22-21(23,24)14-25-16-3-4-17-18(13-16)27-28-19(17)20(31)26-15-5-9-30(10-6-15)12-11-29-7-1-2-8-29;1-7-4-3-5-8(2)6-7;1-3-2/h3-4,13,15,25H,1-2,5-12,14H2,(H,26,31)(H,27,28);3-6H,1-2H3;3H2,1-2H3. The molecule has 10 heteroatoms. The molecule has 0 spiro atoms. The minimum Gasteiger partial charge on any atom is -0.376 e. The maximum atomic E-state index is 12.7. The molecule has 7 nitrogen and oxygen atoms in total. The Morgan fingerprint density at radius 3 is 2.10 bits per heavy atom. The summed E-state index contributed by atoms with van der Waals surface area (Å²) < 4.78 is 37.2. The van der Waals surface area contributed by atoms with Crippen LogP contribution in [0.3, 0.4) is 0 Å². The molecule has 1 amide bonds. The van der Waals surface area contributed by atoms with Gasteiger partial charge in [-0.2, -0.15) is 18.3 Å². The summed E-state index contributed by atoms with van der Waals surface area (Å²) in [6.07, 6.45) is 1.37. The SMILES string of the molecule is CCC.Cc1cccc(C)c1.O=C(NC1CCN(CCN2CCCC2)CC1)c1n[nH]c2cc(NCC(F)(F)F)ccc12. The number of amides is 1. The average Bonchev–Trinajstić information content (AvgIpc) is 3.62. The highest BCUT2D eigenvalue weighted by Gasteiger charge is 2.27. The lowest BCUT2D eigenvalue weighted by molar-refractivity contribution is -0.115. The van der Waals surface area contributed by atoms with Crippen LogP contribution < -0.4 is 10.6 Å². The Morgan fingerprint density at radius 1 is 0.952 bits per heavy atom. The van der Waals surface area contributed by atoms with Crippen LogP contribution in [0, 0.1) is 13.8 Å². The number of nitrogens with one attached hydrogen (secondary N) is 3. The minimum absolute atomic E-state index is 0.106. The first-order chi connectivity index (χ1) is 20.1. The smallest absolute Gasteiger partial charge is 0.376 e. The number of anilines is 1. The number of hydrogen-bond donors (Lipinski definition) is 3. The van der Waals surface area contributed by atoms with Crippen molar-refractivity contribution in [1.82, 2.24) is 25.3 Å². The molecule has 2 aliphatic heterocycles. The number of aryl methyl sites for hydroxylation is 2. The lowest BCUT2D eigenvalue weighted by atomic mass is 10.0. The molecule has 2 saturated heterocycles. The lowest BCUT2D eigenvalue weighted by Gasteiger charge is -2.33. The quantitative estimate of drug-likeness (QED) is 0.292. The zero-order valence-corrected chi connectivity index (χ0v) is 25.5. The number of halogens is 3. The highest BCUT2D eigenvalue weighted by molar-refractivity contribution is 6.05. The molecule has 0 unspecified atom stereocenters. The van der Waals surface area contributed by atoms with E-state index in [1.807, 2.05) is 0 Å². The average molecular weight is 589 g/mol. The van der Waals surface area contributed by atoms with E-state index in [1.54, 1.807) is 6.07 Å². The van der Waals surface area contributed by atoms with Crippen LogP contribution in [0.15, 0.2) is 42.5 Å². The summed E-state index contributed by atoms with van der Waals surface area (Å²) in [7, 11) is 0. The predicted octanol–water partition coefficient (Wildman–Crippen LogP) is 6.55. The molecule has 5 rings (SSSR count). The maximum Gasteiger partial charge on any atom is 0.405 e. The molecule has 2 fully saturated rings. The Kier molecular flexibility index (Phi) is 13.1. The zero-order valence-electron chi connectivity index (χ0n) is 25.5. The van der Waals surface area contributed by atoms with Crippen LogP contribution in [0.1, 0.15) is 67.6 Å². The van der Waals surface area contributed by atoms with Gasteiger partial charge in [-0.15, -0.1) is 0 Å². The van der Waals surface area contributed by atoms with Crippen molar-refractivity contribution in [2.24, 2.45) is 0 Å². The molecule has 232 valence electrons. The summed E-state index contributed by atoms with van der Waals surface area (Å²) in [5, 5.41) is 12.8. The predicted molar refractivity (Wildman–Crippen MR) is 165 cm³/mol. The number of likely N-dealkylation sites (tertiary alicyclic amines) is 2. The fourth-order valence-corrected chi connectivity index (χ4v) is 5.16. The molecule has 0 aliphatic carbocycles. The number of carbonyl (C=O) groups is 1. The molecule has 3 heterocycles. The molecular formula is C32H47F3N6O. The van der Waals surface area contributed by atoms with E-state index in [2.05, 4.69) is 82.6 Å². The molecule has 2 aromatic carbocycles. The van der Waals surface area contributed by atoms with Gasteiger partial charge in [-0.05, 0) is 70.8 Å². The number of aromatic amines is 1. The normalized spacial score (nSPS) is 16.4.